The van der Waals surface area contributed by atoms with Crippen molar-refractivity contribution in [3.8, 4) is 11.8 Å². The topological polar surface area (TPSA) is 51.5 Å². The van der Waals surface area contributed by atoms with Crippen molar-refractivity contribution in [3.63, 3.8) is 0 Å². The van der Waals surface area contributed by atoms with Crippen LogP contribution in [0.2, 0.25) is 0 Å². The Labute approximate surface area is 207 Å². The fraction of sp³-hybridized carbons (Fsp3) is 0.393. The zero-order chi connectivity index (χ0) is 23.6. The molecule has 1 fully saturated rings. The first-order valence-electron chi connectivity index (χ1n) is 12.1. The molecule has 1 N–H and O–H groups in total. The van der Waals surface area contributed by atoms with E-state index in [4.69, 9.17) is 10.00 Å². The first-order valence-corrected chi connectivity index (χ1v) is 13.0. The molecule has 0 radical (unpaired) electrons. The fourth-order valence-electron chi connectivity index (χ4n) is 4.41. The van der Waals surface area contributed by atoms with Crippen LogP contribution in [-0.2, 0) is 13.0 Å². The minimum Gasteiger partial charge on any atom is -0.485 e. The average Bonchev–Trinajstić information content (AvgIpc) is 3.42. The van der Waals surface area contributed by atoms with E-state index >= 15 is 0 Å². The Morgan fingerprint density at radius 3 is 2.62 bits per heavy atom. The van der Waals surface area contributed by atoms with Crippen molar-refractivity contribution in [2.45, 2.75) is 25.5 Å². The highest BCUT2D eigenvalue weighted by Gasteiger charge is 2.20. The zero-order valence-electron chi connectivity index (χ0n) is 20.0. The Bertz CT molecular complexity index is 1050. The standard InChI is InChI=1S/C28H34N4OS/c1-30-13-11-27(28-10-5-19-34-28)33-26-9-3-2-8-25(26)22-32-17-15-31(16-18-32)14-12-23-6-4-7-24(20-23)21-29/h2-10,19-20,27,30H,11-18,22H2,1H3. The molecule has 0 saturated carbocycles. The highest BCUT2D eigenvalue weighted by Crippen LogP contribution is 2.30. The first-order chi connectivity index (χ1) is 16.7. The van der Waals surface area contributed by atoms with Crippen LogP contribution in [0.4, 0.5) is 0 Å². The molecule has 34 heavy (non-hydrogen) atoms. The summed E-state index contributed by atoms with van der Waals surface area (Å²) in [5.41, 5.74) is 3.25. The van der Waals surface area contributed by atoms with Crippen LogP contribution in [0.5, 0.6) is 5.75 Å². The summed E-state index contributed by atoms with van der Waals surface area (Å²) < 4.78 is 6.57. The Kier molecular flexibility index (Phi) is 9.12. The number of benzene rings is 2. The lowest BCUT2D eigenvalue weighted by atomic mass is 10.1. The van der Waals surface area contributed by atoms with Gasteiger partial charge in [-0.15, -0.1) is 11.3 Å². The molecule has 1 aromatic heterocycles. The van der Waals surface area contributed by atoms with Gasteiger partial charge in [-0.3, -0.25) is 4.90 Å². The van der Waals surface area contributed by atoms with Crippen molar-refractivity contribution in [2.75, 3.05) is 46.3 Å². The maximum atomic E-state index is 9.11. The monoisotopic (exact) mass is 474 g/mol. The van der Waals surface area contributed by atoms with Crippen LogP contribution in [0.15, 0.2) is 66.0 Å². The Morgan fingerprint density at radius 2 is 1.85 bits per heavy atom. The molecule has 6 heteroatoms. The largest absolute Gasteiger partial charge is 0.485 e. The van der Waals surface area contributed by atoms with Crippen LogP contribution in [0, 0.1) is 11.3 Å². The Hall–Kier alpha value is -2.69. The normalized spacial score (nSPS) is 15.6. The van der Waals surface area contributed by atoms with Crippen LogP contribution in [0.25, 0.3) is 0 Å². The summed E-state index contributed by atoms with van der Waals surface area (Å²) in [6.45, 7) is 7.13. The number of nitriles is 1. The van der Waals surface area contributed by atoms with Gasteiger partial charge in [0.1, 0.15) is 11.9 Å². The molecule has 1 aliphatic rings. The predicted molar refractivity (Wildman–Crippen MR) is 139 cm³/mol. The van der Waals surface area contributed by atoms with E-state index in [2.05, 4.69) is 69.0 Å². The van der Waals surface area contributed by atoms with E-state index in [-0.39, 0.29) is 6.10 Å². The molecule has 0 amide bonds. The van der Waals surface area contributed by atoms with Gasteiger partial charge in [-0.05, 0) is 55.2 Å². The third kappa shape index (κ3) is 6.91. The Balaban J connectivity index is 1.30. The second-order valence-electron chi connectivity index (χ2n) is 8.80. The molecule has 1 saturated heterocycles. The van der Waals surface area contributed by atoms with E-state index < -0.39 is 0 Å². The van der Waals surface area contributed by atoms with Gasteiger partial charge in [-0.2, -0.15) is 5.26 Å². The molecule has 0 aliphatic carbocycles. The van der Waals surface area contributed by atoms with E-state index in [0.29, 0.717) is 0 Å². The van der Waals surface area contributed by atoms with Crippen molar-refractivity contribution < 1.29 is 4.74 Å². The lowest BCUT2D eigenvalue weighted by Crippen LogP contribution is -2.46. The molecular weight excluding hydrogens is 440 g/mol. The third-order valence-corrected chi connectivity index (χ3v) is 7.35. The van der Waals surface area contributed by atoms with E-state index in [1.54, 1.807) is 11.3 Å². The van der Waals surface area contributed by atoms with Gasteiger partial charge >= 0.3 is 0 Å². The summed E-state index contributed by atoms with van der Waals surface area (Å²) in [4.78, 5) is 6.34. The van der Waals surface area contributed by atoms with E-state index in [0.717, 1.165) is 70.0 Å². The van der Waals surface area contributed by atoms with Crippen molar-refractivity contribution in [1.82, 2.24) is 15.1 Å². The molecule has 2 aromatic carbocycles. The molecule has 0 spiro atoms. The van der Waals surface area contributed by atoms with Crippen LogP contribution in [-0.4, -0.2) is 56.1 Å². The number of para-hydroxylation sites is 1. The quantitative estimate of drug-likeness (QED) is 0.436. The summed E-state index contributed by atoms with van der Waals surface area (Å²) >= 11 is 1.76. The molecule has 3 aromatic rings. The maximum absolute atomic E-state index is 9.11. The summed E-state index contributed by atoms with van der Waals surface area (Å²) in [6.07, 6.45) is 2.01. The number of rotatable bonds is 11. The summed E-state index contributed by atoms with van der Waals surface area (Å²) in [7, 11) is 1.99. The van der Waals surface area contributed by atoms with Gasteiger partial charge in [0.2, 0.25) is 0 Å². The van der Waals surface area contributed by atoms with Crippen LogP contribution in [0.3, 0.4) is 0 Å². The highest BCUT2D eigenvalue weighted by molar-refractivity contribution is 7.10. The van der Waals surface area contributed by atoms with E-state index in [9.17, 15) is 0 Å². The smallest absolute Gasteiger partial charge is 0.134 e. The number of hydrogen-bond donors (Lipinski definition) is 1. The van der Waals surface area contributed by atoms with Gasteiger partial charge in [-0.25, -0.2) is 0 Å². The second-order valence-corrected chi connectivity index (χ2v) is 9.78. The van der Waals surface area contributed by atoms with Crippen molar-refractivity contribution in [2.24, 2.45) is 0 Å². The molecule has 0 bridgehead atoms. The molecule has 1 aliphatic heterocycles. The van der Waals surface area contributed by atoms with Gasteiger partial charge < -0.3 is 15.0 Å². The summed E-state index contributed by atoms with van der Waals surface area (Å²) in [6, 6.07) is 23.0. The molecule has 1 atom stereocenters. The summed E-state index contributed by atoms with van der Waals surface area (Å²) in [5.74, 6) is 0.997. The van der Waals surface area contributed by atoms with Gasteiger partial charge in [0.05, 0.1) is 11.6 Å². The fourth-order valence-corrected chi connectivity index (χ4v) is 5.20. The minimum absolute atomic E-state index is 0.0741. The molecule has 1 unspecified atom stereocenters. The number of nitrogens with zero attached hydrogens (tertiary/aromatic N) is 3. The number of piperazine rings is 1. The van der Waals surface area contributed by atoms with Crippen molar-refractivity contribution in [3.05, 3.63) is 87.6 Å². The number of nitrogens with one attached hydrogen (secondary N) is 1. The maximum Gasteiger partial charge on any atom is 0.134 e. The third-order valence-electron chi connectivity index (χ3n) is 6.39. The van der Waals surface area contributed by atoms with Crippen LogP contribution < -0.4 is 10.1 Å². The Morgan fingerprint density at radius 1 is 1.03 bits per heavy atom. The van der Waals surface area contributed by atoms with Crippen molar-refractivity contribution in [1.29, 1.82) is 5.26 Å². The SMILES string of the molecule is CNCCC(Oc1ccccc1CN1CCN(CCc2cccc(C#N)c2)CC1)c1cccs1. The average molecular weight is 475 g/mol. The van der Waals surface area contributed by atoms with Crippen LogP contribution in [0.1, 0.15) is 34.1 Å². The lowest BCUT2D eigenvalue weighted by molar-refractivity contribution is 0.125. The number of hydrogen-bond acceptors (Lipinski definition) is 6. The lowest BCUT2D eigenvalue weighted by Gasteiger charge is -2.35. The number of ether oxygens (including phenoxy) is 1. The minimum atomic E-state index is 0.0741. The molecule has 5 nitrogen and oxygen atoms in total. The zero-order valence-corrected chi connectivity index (χ0v) is 20.8. The van der Waals surface area contributed by atoms with Gasteiger partial charge in [-0.1, -0.05) is 36.4 Å². The van der Waals surface area contributed by atoms with E-state index in [1.807, 2.05) is 25.2 Å². The predicted octanol–water partition coefficient (Wildman–Crippen LogP) is 4.71. The van der Waals surface area contributed by atoms with Gasteiger partial charge in [0.15, 0.2) is 0 Å². The van der Waals surface area contributed by atoms with Gasteiger partial charge in [0, 0.05) is 56.1 Å². The molecule has 178 valence electrons. The molecule has 4 rings (SSSR count). The number of thiophene rings is 1. The van der Waals surface area contributed by atoms with Crippen LogP contribution >= 0.6 is 11.3 Å². The van der Waals surface area contributed by atoms with E-state index in [1.165, 1.54) is 16.0 Å². The summed E-state index contributed by atoms with van der Waals surface area (Å²) in [5, 5.41) is 14.5. The second kappa shape index (κ2) is 12.7. The molecular formula is C28H34N4OS. The molecule has 2 heterocycles. The van der Waals surface area contributed by atoms with Crippen molar-refractivity contribution >= 4 is 11.3 Å². The highest BCUT2D eigenvalue weighted by atomic mass is 32.1. The van der Waals surface area contributed by atoms with Gasteiger partial charge in [0.25, 0.3) is 0 Å². The first kappa shape index (κ1) is 24.4.